The lowest BCUT2D eigenvalue weighted by Crippen LogP contribution is -2.10. The fourth-order valence-electron chi connectivity index (χ4n) is 5.86. The zero-order chi connectivity index (χ0) is 26.8. The summed E-state index contributed by atoms with van der Waals surface area (Å²) in [4.78, 5) is 0. The average molecular weight is 507 g/mol. The molecule has 0 N–H and O–H groups in total. The van der Waals surface area contributed by atoms with Crippen LogP contribution >= 0.6 is 0 Å². The van der Waals surface area contributed by atoms with Crippen molar-refractivity contribution in [1.82, 2.24) is 0 Å². The molecule has 0 spiro atoms. The average Bonchev–Trinajstić information content (AvgIpc) is 2.97. The fraction of sp³-hybridized carbons (Fsp3) is 0.231. The van der Waals surface area contributed by atoms with Gasteiger partial charge in [0.25, 0.3) is 0 Å². The molecule has 0 nitrogen and oxygen atoms in total. The third-order valence-electron chi connectivity index (χ3n) is 8.88. The summed E-state index contributed by atoms with van der Waals surface area (Å²) in [5, 5.41) is 0. The molecule has 5 aromatic rings. The van der Waals surface area contributed by atoms with Crippen molar-refractivity contribution in [3.05, 3.63) is 132 Å². The van der Waals surface area contributed by atoms with Crippen LogP contribution in [0.25, 0.3) is 44.5 Å². The highest BCUT2D eigenvalue weighted by atomic mass is 14.3. The van der Waals surface area contributed by atoms with Crippen LogP contribution in [0, 0.1) is 6.92 Å². The van der Waals surface area contributed by atoms with Crippen LogP contribution in [-0.4, -0.2) is 0 Å². The summed E-state index contributed by atoms with van der Waals surface area (Å²) in [6.45, 7) is 6.81. The van der Waals surface area contributed by atoms with Crippen molar-refractivity contribution in [1.29, 1.82) is 0 Å². The number of hydrogen-bond acceptors (Lipinski definition) is 0. The molecule has 0 aromatic heterocycles. The summed E-state index contributed by atoms with van der Waals surface area (Å²) in [6.07, 6.45) is 5.12. The molecule has 0 aliphatic heterocycles. The molecule has 6 rings (SSSR count). The summed E-state index contributed by atoms with van der Waals surface area (Å²) >= 11 is 0. The quantitative estimate of drug-likeness (QED) is 0.206. The maximum atomic E-state index is 2.43. The monoisotopic (exact) mass is 506 g/mol. The summed E-state index contributed by atoms with van der Waals surface area (Å²) in [5.74, 6) is 1.29. The van der Waals surface area contributed by atoms with Crippen molar-refractivity contribution in [3.8, 4) is 44.5 Å². The van der Waals surface area contributed by atoms with Gasteiger partial charge in [-0.05, 0) is 111 Å². The molecule has 5 aromatic carbocycles. The Balaban J connectivity index is 1.35. The number of aryl methyl sites for hydroxylation is 1. The number of rotatable bonds is 7. The number of hydrogen-bond donors (Lipinski definition) is 0. The van der Waals surface area contributed by atoms with E-state index in [2.05, 4.69) is 136 Å². The Bertz CT molecular complexity index is 1550. The van der Waals surface area contributed by atoms with E-state index in [1.807, 2.05) is 0 Å². The van der Waals surface area contributed by atoms with Gasteiger partial charge in [-0.1, -0.05) is 123 Å². The maximum Gasteiger partial charge on any atom is -0.0140 e. The summed E-state index contributed by atoms with van der Waals surface area (Å²) < 4.78 is 0. The Morgan fingerprint density at radius 2 is 1.10 bits per heavy atom. The van der Waals surface area contributed by atoms with Gasteiger partial charge in [-0.3, -0.25) is 0 Å². The van der Waals surface area contributed by atoms with E-state index in [0.29, 0.717) is 11.8 Å². The van der Waals surface area contributed by atoms with Gasteiger partial charge in [0.05, 0.1) is 0 Å². The number of benzene rings is 5. The van der Waals surface area contributed by atoms with Gasteiger partial charge in [0.15, 0.2) is 0 Å². The first-order valence-corrected chi connectivity index (χ1v) is 14.6. The van der Waals surface area contributed by atoms with Gasteiger partial charge in [-0.15, -0.1) is 0 Å². The fourth-order valence-corrected chi connectivity index (χ4v) is 5.86. The van der Waals surface area contributed by atoms with Crippen LogP contribution < -0.4 is 0 Å². The second-order valence-electron chi connectivity index (χ2n) is 11.3. The molecule has 1 atom stereocenters. The second-order valence-corrected chi connectivity index (χ2v) is 11.3. The Labute approximate surface area is 234 Å². The van der Waals surface area contributed by atoms with Gasteiger partial charge in [-0.2, -0.15) is 0 Å². The highest BCUT2D eigenvalue weighted by molar-refractivity contribution is 5.82. The predicted molar refractivity (Wildman–Crippen MR) is 168 cm³/mol. The zero-order valence-electron chi connectivity index (χ0n) is 23.5. The summed E-state index contributed by atoms with van der Waals surface area (Å²) in [7, 11) is 0. The van der Waals surface area contributed by atoms with Gasteiger partial charge in [0.2, 0.25) is 0 Å². The van der Waals surface area contributed by atoms with E-state index in [1.54, 1.807) is 0 Å². The molecule has 1 saturated carbocycles. The van der Waals surface area contributed by atoms with E-state index >= 15 is 0 Å². The lowest BCUT2D eigenvalue weighted by molar-refractivity contribution is 0.420. The van der Waals surface area contributed by atoms with Crippen LogP contribution in [0.3, 0.4) is 0 Å². The van der Waals surface area contributed by atoms with E-state index in [0.717, 1.165) is 0 Å². The molecule has 0 saturated heterocycles. The van der Waals surface area contributed by atoms with E-state index in [-0.39, 0.29) is 0 Å². The lowest BCUT2D eigenvalue weighted by atomic mass is 9.76. The van der Waals surface area contributed by atoms with Gasteiger partial charge >= 0.3 is 0 Å². The molecule has 0 radical (unpaired) electrons. The van der Waals surface area contributed by atoms with Crippen molar-refractivity contribution in [2.24, 2.45) is 0 Å². The molecule has 0 heteroatoms. The molecular weight excluding hydrogens is 468 g/mol. The Hall–Kier alpha value is -3.90. The molecule has 1 fully saturated rings. The minimum Gasteiger partial charge on any atom is -0.0648 e. The zero-order valence-corrected chi connectivity index (χ0v) is 23.5. The van der Waals surface area contributed by atoms with E-state index < -0.39 is 0 Å². The molecule has 1 aliphatic rings. The van der Waals surface area contributed by atoms with Gasteiger partial charge in [0, 0.05) is 0 Å². The van der Waals surface area contributed by atoms with Crippen molar-refractivity contribution in [3.63, 3.8) is 0 Å². The topological polar surface area (TPSA) is 0 Å². The molecule has 0 amide bonds. The van der Waals surface area contributed by atoms with E-state index in [1.165, 1.54) is 86.9 Å². The normalized spacial score (nSPS) is 14.1. The van der Waals surface area contributed by atoms with Crippen molar-refractivity contribution < 1.29 is 0 Å². The molecule has 0 bridgehead atoms. The first kappa shape index (κ1) is 25.4. The van der Waals surface area contributed by atoms with Crippen LogP contribution in [0.15, 0.2) is 115 Å². The highest BCUT2D eigenvalue weighted by Crippen LogP contribution is 2.44. The van der Waals surface area contributed by atoms with Crippen LogP contribution in [0.5, 0.6) is 0 Å². The predicted octanol–water partition coefficient (Wildman–Crippen LogP) is 11.4. The molecule has 0 heterocycles. The summed E-state index contributed by atoms with van der Waals surface area (Å²) in [5.41, 5.74) is 14.7. The van der Waals surface area contributed by atoms with Crippen LogP contribution in [-0.2, 0) is 0 Å². The third kappa shape index (κ3) is 5.21. The lowest BCUT2D eigenvalue weighted by Gasteiger charge is -2.29. The first-order chi connectivity index (χ1) is 19.1. The van der Waals surface area contributed by atoms with Crippen LogP contribution in [0.4, 0.5) is 0 Å². The van der Waals surface area contributed by atoms with Gasteiger partial charge < -0.3 is 0 Å². The SMILES string of the molecule is CCC(C)c1ccc(-c2ccc(-c3ccc(C)c(-c4cc(-c5ccccc5)ccc4C4CCC4)c3)cc2)cc1. The Morgan fingerprint density at radius 1 is 0.590 bits per heavy atom. The molecule has 39 heavy (non-hydrogen) atoms. The summed E-state index contributed by atoms with van der Waals surface area (Å²) in [6, 6.07) is 43.1. The Morgan fingerprint density at radius 3 is 1.69 bits per heavy atom. The van der Waals surface area contributed by atoms with Crippen molar-refractivity contribution >= 4 is 0 Å². The molecule has 1 unspecified atom stereocenters. The van der Waals surface area contributed by atoms with Crippen molar-refractivity contribution in [2.45, 2.75) is 58.3 Å². The second kappa shape index (κ2) is 11.1. The van der Waals surface area contributed by atoms with Crippen LogP contribution in [0.1, 0.15) is 68.1 Å². The Kier molecular flexibility index (Phi) is 7.20. The smallest absolute Gasteiger partial charge is 0.0140 e. The molecular formula is C39H38. The maximum absolute atomic E-state index is 2.43. The third-order valence-corrected chi connectivity index (χ3v) is 8.88. The van der Waals surface area contributed by atoms with Crippen molar-refractivity contribution in [2.75, 3.05) is 0 Å². The highest BCUT2D eigenvalue weighted by Gasteiger charge is 2.23. The standard InChI is InChI=1S/C39H38/c1-4-27(2)29-15-17-31(18-16-29)32-19-21-33(22-20-32)35-14-13-28(3)38(25-35)39-26-36(30-9-6-5-7-10-30)23-24-37(39)34-11-8-12-34/h5-7,9-10,13-27,34H,4,8,11-12H2,1-3H3. The van der Waals surface area contributed by atoms with Gasteiger partial charge in [-0.25, -0.2) is 0 Å². The minimum atomic E-state index is 0.607. The largest absolute Gasteiger partial charge is 0.0648 e. The molecule has 194 valence electrons. The van der Waals surface area contributed by atoms with E-state index in [4.69, 9.17) is 0 Å². The van der Waals surface area contributed by atoms with E-state index in [9.17, 15) is 0 Å². The first-order valence-electron chi connectivity index (χ1n) is 14.6. The molecule has 1 aliphatic carbocycles. The van der Waals surface area contributed by atoms with Crippen LogP contribution in [0.2, 0.25) is 0 Å². The van der Waals surface area contributed by atoms with Gasteiger partial charge in [0.1, 0.15) is 0 Å². The minimum absolute atomic E-state index is 0.607.